The summed E-state index contributed by atoms with van der Waals surface area (Å²) in [6.45, 7) is 12.2. The fraction of sp³-hybridized carbons (Fsp3) is 0.560. The number of halogens is 1. The number of ether oxygens (including phenoxy) is 1. The van der Waals surface area contributed by atoms with E-state index in [1.165, 1.54) is 17.0 Å². The van der Waals surface area contributed by atoms with Gasteiger partial charge in [-0.2, -0.15) is 0 Å². The van der Waals surface area contributed by atoms with Crippen molar-refractivity contribution in [3.63, 3.8) is 0 Å². The minimum absolute atomic E-state index is 0. The van der Waals surface area contributed by atoms with Gasteiger partial charge in [0.15, 0.2) is 5.96 Å². The van der Waals surface area contributed by atoms with Gasteiger partial charge in [0, 0.05) is 62.9 Å². The van der Waals surface area contributed by atoms with Gasteiger partial charge in [0.2, 0.25) is 0 Å². The lowest BCUT2D eigenvalue weighted by molar-refractivity contribution is 0.119. The number of rotatable bonds is 7. The van der Waals surface area contributed by atoms with Crippen LogP contribution >= 0.6 is 24.0 Å². The summed E-state index contributed by atoms with van der Waals surface area (Å²) in [7, 11) is 8.22. The molecule has 2 aromatic rings. The largest absolute Gasteiger partial charge is 0.497 e. The van der Waals surface area contributed by atoms with Crippen LogP contribution in [0.25, 0.3) is 5.69 Å². The Balaban J connectivity index is 0.00000385. The fourth-order valence-corrected chi connectivity index (χ4v) is 4.41. The first-order chi connectivity index (χ1) is 15.3. The van der Waals surface area contributed by atoms with E-state index in [0.717, 1.165) is 56.7 Å². The van der Waals surface area contributed by atoms with Crippen LogP contribution in [0, 0.1) is 13.8 Å². The number of aliphatic imine (C=N–C) groups is 1. The molecule has 0 bridgehead atoms. The van der Waals surface area contributed by atoms with Crippen molar-refractivity contribution in [3.8, 4) is 11.4 Å². The number of hydrogen-bond acceptors (Lipinski definition) is 4. The Morgan fingerprint density at radius 2 is 1.88 bits per heavy atom. The van der Waals surface area contributed by atoms with Gasteiger partial charge >= 0.3 is 0 Å². The Morgan fingerprint density at radius 3 is 2.52 bits per heavy atom. The highest BCUT2D eigenvalue weighted by atomic mass is 127. The van der Waals surface area contributed by atoms with Crippen LogP contribution < -0.4 is 10.1 Å². The van der Waals surface area contributed by atoms with Crippen molar-refractivity contribution in [2.24, 2.45) is 4.99 Å². The van der Waals surface area contributed by atoms with Gasteiger partial charge in [-0.15, -0.1) is 24.0 Å². The predicted molar refractivity (Wildman–Crippen MR) is 149 cm³/mol. The summed E-state index contributed by atoms with van der Waals surface area (Å²) in [5, 5.41) is 3.48. The zero-order valence-corrected chi connectivity index (χ0v) is 23.6. The summed E-state index contributed by atoms with van der Waals surface area (Å²) in [6.07, 6.45) is 0. The molecule has 7 nitrogen and oxygen atoms in total. The number of aryl methyl sites for hydroxylation is 1. The molecule has 0 saturated carbocycles. The molecule has 0 spiro atoms. The topological polar surface area (TPSA) is 48.3 Å². The van der Waals surface area contributed by atoms with Crippen molar-refractivity contribution >= 4 is 29.9 Å². The molecule has 2 heterocycles. The molecule has 1 N–H and O–H groups in total. The van der Waals surface area contributed by atoms with E-state index in [0.29, 0.717) is 6.04 Å². The van der Waals surface area contributed by atoms with Crippen LogP contribution in [-0.2, 0) is 6.54 Å². The summed E-state index contributed by atoms with van der Waals surface area (Å²) >= 11 is 0. The number of benzene rings is 1. The van der Waals surface area contributed by atoms with Crippen molar-refractivity contribution in [1.29, 1.82) is 0 Å². The maximum absolute atomic E-state index is 5.31. The zero-order chi connectivity index (χ0) is 23.3. The first-order valence-electron chi connectivity index (χ1n) is 11.5. The summed E-state index contributed by atoms with van der Waals surface area (Å²) in [6, 6.07) is 11.0. The minimum atomic E-state index is 0. The maximum atomic E-state index is 5.31. The summed E-state index contributed by atoms with van der Waals surface area (Å²) in [5.74, 6) is 1.83. The monoisotopic (exact) mass is 568 g/mol. The molecule has 1 fully saturated rings. The second-order valence-corrected chi connectivity index (χ2v) is 8.88. The summed E-state index contributed by atoms with van der Waals surface area (Å²) < 4.78 is 7.62. The maximum Gasteiger partial charge on any atom is 0.194 e. The van der Waals surface area contributed by atoms with Crippen LogP contribution in [-0.4, -0.2) is 92.2 Å². The number of hydrogen-bond donors (Lipinski definition) is 1. The highest BCUT2D eigenvalue weighted by Gasteiger charge is 2.22. The number of aromatic nitrogens is 1. The number of methoxy groups -OCH3 is 1. The van der Waals surface area contributed by atoms with Crippen LogP contribution in [0.5, 0.6) is 5.75 Å². The Hall–Kier alpha value is -1.78. The van der Waals surface area contributed by atoms with E-state index in [1.807, 2.05) is 12.1 Å². The Labute approximate surface area is 216 Å². The molecule has 33 heavy (non-hydrogen) atoms. The van der Waals surface area contributed by atoms with E-state index in [-0.39, 0.29) is 24.0 Å². The zero-order valence-electron chi connectivity index (χ0n) is 21.3. The molecule has 1 aromatic heterocycles. The van der Waals surface area contributed by atoms with Crippen LogP contribution in [0.15, 0.2) is 35.3 Å². The third kappa shape index (κ3) is 6.86. The Morgan fingerprint density at radius 1 is 1.18 bits per heavy atom. The van der Waals surface area contributed by atoms with Crippen LogP contribution in [0.1, 0.15) is 23.9 Å². The minimum Gasteiger partial charge on any atom is -0.497 e. The van der Waals surface area contributed by atoms with E-state index >= 15 is 0 Å². The summed E-state index contributed by atoms with van der Waals surface area (Å²) in [4.78, 5) is 12.0. The third-order valence-electron chi connectivity index (χ3n) is 6.40. The van der Waals surface area contributed by atoms with Crippen LogP contribution in [0.2, 0.25) is 0 Å². The van der Waals surface area contributed by atoms with Gasteiger partial charge in [0.1, 0.15) is 5.75 Å². The lowest BCUT2D eigenvalue weighted by Gasteiger charge is -2.37. The molecule has 184 valence electrons. The second-order valence-electron chi connectivity index (χ2n) is 8.88. The Bertz CT molecular complexity index is 910. The average Bonchev–Trinajstić information content (AvgIpc) is 3.06. The predicted octanol–water partition coefficient (Wildman–Crippen LogP) is 3.36. The van der Waals surface area contributed by atoms with Gasteiger partial charge in [0.05, 0.1) is 13.7 Å². The van der Waals surface area contributed by atoms with Crippen LogP contribution in [0.3, 0.4) is 0 Å². The lowest BCUT2D eigenvalue weighted by Crippen LogP contribution is -2.51. The molecule has 0 radical (unpaired) electrons. The SMILES string of the molecule is CCNC(=NCC1CN(C)CCN1C)N(C)Cc1cc(C)n(-c2ccc(OC)cc2)c1C.I. The van der Waals surface area contributed by atoms with Crippen molar-refractivity contribution in [1.82, 2.24) is 24.6 Å². The first-order valence-corrected chi connectivity index (χ1v) is 11.5. The highest BCUT2D eigenvalue weighted by molar-refractivity contribution is 14.0. The molecule has 1 aliphatic heterocycles. The molecule has 0 aliphatic carbocycles. The molecule has 1 aromatic carbocycles. The average molecular weight is 569 g/mol. The van der Waals surface area contributed by atoms with Crippen molar-refractivity contribution in [3.05, 3.63) is 47.3 Å². The molecule has 0 amide bonds. The number of guanidine groups is 1. The van der Waals surface area contributed by atoms with Gasteiger partial charge in [-0.3, -0.25) is 9.89 Å². The number of nitrogens with one attached hydrogen (secondary N) is 1. The van der Waals surface area contributed by atoms with E-state index in [4.69, 9.17) is 9.73 Å². The Kier molecular flexibility index (Phi) is 10.5. The van der Waals surface area contributed by atoms with Gasteiger partial charge in [-0.1, -0.05) is 0 Å². The standard InChI is InChI=1S/C25H40N6O.HI/c1-8-26-25(27-16-23-18-28(4)13-14-29(23)5)30(6)17-21-15-19(2)31(20(21)3)22-9-11-24(32-7)12-10-22;/h9-12,15,23H,8,13-14,16-18H2,1-7H3,(H,26,27);1H. The fourth-order valence-electron chi connectivity index (χ4n) is 4.41. The smallest absolute Gasteiger partial charge is 0.194 e. The van der Waals surface area contributed by atoms with Crippen molar-refractivity contribution in [2.45, 2.75) is 33.4 Å². The van der Waals surface area contributed by atoms with Gasteiger partial charge in [-0.05, 0) is 70.8 Å². The van der Waals surface area contributed by atoms with E-state index in [9.17, 15) is 0 Å². The van der Waals surface area contributed by atoms with Gasteiger partial charge in [-0.25, -0.2) is 0 Å². The number of nitrogens with zero attached hydrogens (tertiary/aromatic N) is 5. The second kappa shape index (κ2) is 12.6. The molecular formula is C25H41IN6O. The van der Waals surface area contributed by atoms with Gasteiger partial charge < -0.3 is 24.4 Å². The molecule has 1 saturated heterocycles. The van der Waals surface area contributed by atoms with Crippen LogP contribution in [0.4, 0.5) is 0 Å². The highest BCUT2D eigenvalue weighted by Crippen LogP contribution is 2.23. The van der Waals surface area contributed by atoms with Gasteiger partial charge in [0.25, 0.3) is 0 Å². The van der Waals surface area contributed by atoms with E-state index in [1.54, 1.807) is 7.11 Å². The molecular weight excluding hydrogens is 527 g/mol. The normalized spacial score (nSPS) is 17.5. The molecule has 3 rings (SSSR count). The van der Waals surface area contributed by atoms with Crippen molar-refractivity contribution in [2.75, 3.05) is 61.0 Å². The van der Waals surface area contributed by atoms with E-state index < -0.39 is 0 Å². The molecule has 1 aliphatic rings. The third-order valence-corrected chi connectivity index (χ3v) is 6.40. The van der Waals surface area contributed by atoms with Crippen molar-refractivity contribution < 1.29 is 4.74 Å². The number of likely N-dealkylation sites (N-methyl/N-ethyl adjacent to an activating group) is 2. The molecule has 1 atom stereocenters. The summed E-state index contributed by atoms with van der Waals surface area (Å²) in [5.41, 5.74) is 4.94. The quantitative estimate of drug-likeness (QED) is 0.316. The van der Waals surface area contributed by atoms with E-state index in [2.05, 4.69) is 84.7 Å². The lowest BCUT2D eigenvalue weighted by atomic mass is 10.2. The first kappa shape index (κ1) is 27.5. The number of piperazine rings is 1. The molecule has 8 heteroatoms. The molecule has 1 unspecified atom stereocenters.